The maximum atomic E-state index is 13.0. The number of carbonyl (C=O) groups is 3. The molecule has 0 aromatic heterocycles. The van der Waals surface area contributed by atoms with Crippen molar-refractivity contribution in [3.05, 3.63) is 70.8 Å². The first-order valence-electron chi connectivity index (χ1n) is 13.4. The summed E-state index contributed by atoms with van der Waals surface area (Å²) >= 11 is 0. The molecule has 2 amide bonds. The first kappa shape index (κ1) is 27.2. The molecule has 0 radical (unpaired) electrons. The molecule has 2 aromatic rings. The minimum Gasteiger partial charge on any atom is -0.481 e. The zero-order chi connectivity index (χ0) is 27.1. The third-order valence-electron chi connectivity index (χ3n) is 7.63. The van der Waals surface area contributed by atoms with Gasteiger partial charge < -0.3 is 26.0 Å². The van der Waals surface area contributed by atoms with Gasteiger partial charge in [0, 0.05) is 37.8 Å². The van der Waals surface area contributed by atoms with Crippen LogP contribution in [0.25, 0.3) is 0 Å². The van der Waals surface area contributed by atoms with Gasteiger partial charge in [0.2, 0.25) is 5.91 Å². The lowest BCUT2D eigenvalue weighted by atomic mass is 9.99. The molecule has 2 aliphatic rings. The zero-order valence-corrected chi connectivity index (χ0v) is 21.7. The van der Waals surface area contributed by atoms with Gasteiger partial charge in [0.05, 0.1) is 12.3 Å². The second-order valence-electron chi connectivity index (χ2n) is 10.2. The van der Waals surface area contributed by atoms with Crippen LogP contribution in [0.15, 0.2) is 48.5 Å². The van der Waals surface area contributed by atoms with E-state index in [2.05, 4.69) is 17.4 Å². The fourth-order valence-corrected chi connectivity index (χ4v) is 5.58. The Labute approximate surface area is 223 Å². The van der Waals surface area contributed by atoms with Crippen LogP contribution in [0, 0.1) is 11.3 Å². The van der Waals surface area contributed by atoms with E-state index < -0.39 is 11.9 Å². The largest absolute Gasteiger partial charge is 0.481 e. The molecule has 0 bridgehead atoms. The number of hydrogen-bond acceptors (Lipinski definition) is 4. The predicted octanol–water partition coefficient (Wildman–Crippen LogP) is 2.43. The van der Waals surface area contributed by atoms with Crippen LogP contribution >= 0.6 is 0 Å². The molecular weight excluding hydrogens is 482 g/mol. The molecule has 0 aliphatic carbocycles. The number of carboxylic acid groups (broad SMARTS) is 1. The van der Waals surface area contributed by atoms with Gasteiger partial charge in [-0.05, 0) is 67.3 Å². The Morgan fingerprint density at radius 1 is 1.08 bits per heavy atom. The van der Waals surface area contributed by atoms with Crippen molar-refractivity contribution in [3.8, 4) is 0 Å². The summed E-state index contributed by atoms with van der Waals surface area (Å²) in [5.41, 5.74) is 9.72. The maximum Gasteiger partial charge on any atom is 0.304 e. The number of likely N-dealkylation sites (tertiary alicyclic amines) is 1. The average molecular weight is 520 g/mol. The van der Waals surface area contributed by atoms with Crippen LogP contribution in [0.2, 0.25) is 0 Å². The Bertz CT molecular complexity index is 1170. The van der Waals surface area contributed by atoms with Gasteiger partial charge in [0.15, 0.2) is 5.96 Å². The molecule has 2 heterocycles. The number of rotatable bonds is 10. The summed E-state index contributed by atoms with van der Waals surface area (Å²) in [5, 5.41) is 19.9. The highest BCUT2D eigenvalue weighted by Crippen LogP contribution is 2.29. The lowest BCUT2D eigenvalue weighted by molar-refractivity contribution is -0.142. The number of benzene rings is 2. The van der Waals surface area contributed by atoms with E-state index in [0.29, 0.717) is 44.6 Å². The highest BCUT2D eigenvalue weighted by molar-refractivity contribution is 5.94. The number of nitrogens with zero attached hydrogens (tertiary/aromatic N) is 2. The summed E-state index contributed by atoms with van der Waals surface area (Å²) in [4.78, 5) is 40.9. The highest BCUT2D eigenvalue weighted by Gasteiger charge is 2.39. The van der Waals surface area contributed by atoms with E-state index in [0.717, 1.165) is 31.2 Å². The van der Waals surface area contributed by atoms with Crippen LogP contribution in [0.1, 0.15) is 52.7 Å². The van der Waals surface area contributed by atoms with Crippen molar-refractivity contribution in [1.29, 1.82) is 5.41 Å². The van der Waals surface area contributed by atoms with Crippen LogP contribution in [0.5, 0.6) is 0 Å². The van der Waals surface area contributed by atoms with Crippen molar-refractivity contribution >= 4 is 23.7 Å². The van der Waals surface area contributed by atoms with Crippen molar-refractivity contribution in [2.75, 3.05) is 26.2 Å². The van der Waals surface area contributed by atoms with Crippen LogP contribution in [0.3, 0.4) is 0 Å². The molecule has 5 N–H and O–H groups in total. The monoisotopic (exact) mass is 519 g/mol. The fraction of sp³-hybridized carbons (Fsp3) is 0.448. The number of carbonyl (C=O) groups excluding carboxylic acids is 2. The van der Waals surface area contributed by atoms with Crippen LogP contribution < -0.4 is 11.1 Å². The molecule has 1 saturated heterocycles. The number of carboxylic acids is 1. The number of nitrogens with two attached hydrogens (primary N) is 1. The molecule has 38 heavy (non-hydrogen) atoms. The molecule has 0 spiro atoms. The molecule has 2 aromatic carbocycles. The topological polar surface area (TPSA) is 140 Å². The number of guanidine groups is 1. The molecule has 4 rings (SSSR count). The molecular formula is C29H37N5O4. The number of aryl methyl sites for hydroxylation is 1. The number of amides is 2. The normalized spacial score (nSPS) is 19.1. The standard InChI is InChI=1S/C29H37N5O4/c30-29(31)33-15-11-21-8-9-23(17-22(21)12-16-33)27(37)32-13-10-25-18-24(19-26(35)36)28(38)34(25)14-4-7-20-5-2-1-3-6-20/h1-3,5-6,8-9,17,24-25H,4,7,10-16,18-19H2,(H3,30,31)(H,32,37)(H,35,36)/t24-,25+/m0/s1. The van der Waals surface area contributed by atoms with Gasteiger partial charge in [-0.3, -0.25) is 19.8 Å². The third-order valence-corrected chi connectivity index (χ3v) is 7.63. The Kier molecular flexibility index (Phi) is 8.99. The first-order valence-corrected chi connectivity index (χ1v) is 13.4. The van der Waals surface area contributed by atoms with E-state index >= 15 is 0 Å². The first-order chi connectivity index (χ1) is 18.3. The maximum absolute atomic E-state index is 13.0. The minimum absolute atomic E-state index is 0.0703. The van der Waals surface area contributed by atoms with Crippen LogP contribution in [0.4, 0.5) is 0 Å². The summed E-state index contributed by atoms with van der Waals surface area (Å²) in [6, 6.07) is 15.7. The van der Waals surface area contributed by atoms with Gasteiger partial charge in [0.1, 0.15) is 0 Å². The van der Waals surface area contributed by atoms with Crippen molar-refractivity contribution < 1.29 is 19.5 Å². The average Bonchev–Trinajstić information content (AvgIpc) is 3.05. The zero-order valence-electron chi connectivity index (χ0n) is 21.7. The molecule has 9 heteroatoms. The lowest BCUT2D eigenvalue weighted by Crippen LogP contribution is -2.38. The van der Waals surface area contributed by atoms with E-state index in [1.807, 2.05) is 46.2 Å². The minimum atomic E-state index is -0.962. The third kappa shape index (κ3) is 6.90. The smallest absolute Gasteiger partial charge is 0.304 e. The molecule has 9 nitrogen and oxygen atoms in total. The summed E-state index contributed by atoms with van der Waals surface area (Å²) in [6.07, 6.45) is 4.07. The molecule has 202 valence electrons. The van der Waals surface area contributed by atoms with Crippen LogP contribution in [-0.2, 0) is 28.9 Å². The van der Waals surface area contributed by atoms with Crippen molar-refractivity contribution in [2.24, 2.45) is 11.7 Å². The van der Waals surface area contributed by atoms with Crippen molar-refractivity contribution in [3.63, 3.8) is 0 Å². The van der Waals surface area contributed by atoms with Crippen molar-refractivity contribution in [2.45, 2.75) is 51.0 Å². The van der Waals surface area contributed by atoms with E-state index in [9.17, 15) is 19.5 Å². The molecule has 1 fully saturated rings. The predicted molar refractivity (Wildman–Crippen MR) is 145 cm³/mol. The van der Waals surface area contributed by atoms with Gasteiger partial charge in [0.25, 0.3) is 5.91 Å². The number of fused-ring (bicyclic) bond motifs is 1. The van der Waals surface area contributed by atoms with Crippen molar-refractivity contribution in [1.82, 2.24) is 15.1 Å². The number of hydrogen-bond donors (Lipinski definition) is 4. The Morgan fingerprint density at radius 2 is 1.82 bits per heavy atom. The molecule has 0 saturated carbocycles. The summed E-state index contributed by atoms with van der Waals surface area (Å²) < 4.78 is 0. The SMILES string of the molecule is N=C(N)N1CCc2ccc(C(=O)NCC[C@@H]3C[C@@H](CC(=O)O)C(=O)N3CCCc3ccccc3)cc2CC1. The summed E-state index contributed by atoms with van der Waals surface area (Å²) in [7, 11) is 0. The molecule has 0 unspecified atom stereocenters. The molecule has 2 atom stereocenters. The quantitative estimate of drug-likeness (QED) is 0.281. The van der Waals surface area contributed by atoms with Gasteiger partial charge >= 0.3 is 5.97 Å². The van der Waals surface area contributed by atoms with Gasteiger partial charge in [-0.1, -0.05) is 36.4 Å². The Hall–Kier alpha value is -3.88. The second kappa shape index (κ2) is 12.6. The summed E-state index contributed by atoms with van der Waals surface area (Å²) in [5.74, 6) is -1.66. The van der Waals surface area contributed by atoms with Gasteiger partial charge in [-0.2, -0.15) is 0 Å². The van der Waals surface area contributed by atoms with Crippen LogP contribution in [-0.4, -0.2) is 70.9 Å². The number of aliphatic carboxylic acids is 1. The van der Waals surface area contributed by atoms with E-state index in [1.54, 1.807) is 0 Å². The van der Waals surface area contributed by atoms with E-state index in [4.69, 9.17) is 11.1 Å². The van der Waals surface area contributed by atoms with E-state index in [-0.39, 0.29) is 30.2 Å². The second-order valence-corrected chi connectivity index (χ2v) is 10.2. The Morgan fingerprint density at radius 3 is 2.53 bits per heavy atom. The highest BCUT2D eigenvalue weighted by atomic mass is 16.4. The number of nitrogens with one attached hydrogen (secondary N) is 2. The molecule has 2 aliphatic heterocycles. The summed E-state index contributed by atoms with van der Waals surface area (Å²) in [6.45, 7) is 2.32. The fourth-order valence-electron chi connectivity index (χ4n) is 5.58. The Balaban J connectivity index is 1.32. The van der Waals surface area contributed by atoms with Gasteiger partial charge in [-0.25, -0.2) is 0 Å². The van der Waals surface area contributed by atoms with E-state index in [1.165, 1.54) is 11.1 Å². The van der Waals surface area contributed by atoms with Gasteiger partial charge in [-0.15, -0.1) is 0 Å². The lowest BCUT2D eigenvalue weighted by Gasteiger charge is -2.25.